The van der Waals surface area contributed by atoms with Gasteiger partial charge in [-0.25, -0.2) is 5.84 Å². The molecule has 1 saturated carbocycles. The minimum absolute atomic E-state index is 0.0694. The molecule has 1 heterocycles. The molecule has 5 N–H and O–H groups in total. The monoisotopic (exact) mass is 498 g/mol. The van der Waals surface area contributed by atoms with E-state index in [0.29, 0.717) is 43.1 Å². The van der Waals surface area contributed by atoms with E-state index in [0.717, 1.165) is 47.2 Å². The highest BCUT2D eigenvalue weighted by Gasteiger charge is 2.47. The fraction of sp³-hybridized carbons (Fsp3) is 0.393. The number of H-pyrrole nitrogens is 1. The average Bonchev–Trinajstić information content (AvgIpc) is 3.64. The number of Topliss-reactive ketones (excluding diaryl/α,β-unsaturated/α-hetero) is 1. The van der Waals surface area contributed by atoms with Crippen molar-refractivity contribution in [2.45, 2.75) is 56.9 Å². The van der Waals surface area contributed by atoms with Gasteiger partial charge in [-0.15, -0.1) is 10.2 Å². The van der Waals surface area contributed by atoms with Crippen molar-refractivity contribution in [3.05, 3.63) is 88.9 Å². The van der Waals surface area contributed by atoms with E-state index in [-0.39, 0.29) is 6.04 Å². The van der Waals surface area contributed by atoms with E-state index >= 15 is 0 Å². The fourth-order valence-corrected chi connectivity index (χ4v) is 5.16. The molecule has 2 aliphatic carbocycles. The van der Waals surface area contributed by atoms with Crippen LogP contribution >= 0.6 is 0 Å². The van der Waals surface area contributed by atoms with Crippen LogP contribution < -0.4 is 11.6 Å². The molecule has 192 valence electrons. The smallest absolute Gasteiger partial charge is 0.262 e. The second kappa shape index (κ2) is 11.0. The molecule has 2 atom stereocenters. The van der Waals surface area contributed by atoms with Crippen LogP contribution in [0.4, 0.5) is 0 Å². The third-order valence-corrected chi connectivity index (χ3v) is 7.37. The number of allylic oxidation sites excluding steroid dienone is 5. The van der Waals surface area contributed by atoms with Crippen LogP contribution in [0.3, 0.4) is 0 Å². The van der Waals surface area contributed by atoms with Crippen LogP contribution in [0.25, 0.3) is 0 Å². The highest BCUT2D eigenvalue weighted by atomic mass is 16.1. The van der Waals surface area contributed by atoms with E-state index in [4.69, 9.17) is 11.6 Å². The molecule has 1 fully saturated rings. The van der Waals surface area contributed by atoms with Gasteiger partial charge in [-0.3, -0.25) is 4.79 Å². The Morgan fingerprint density at radius 1 is 1.41 bits per heavy atom. The zero-order valence-corrected chi connectivity index (χ0v) is 21.3. The summed E-state index contributed by atoms with van der Waals surface area (Å²) in [6.45, 7) is 10.9. The Morgan fingerprint density at radius 3 is 2.84 bits per heavy atom. The van der Waals surface area contributed by atoms with Gasteiger partial charge in [0.25, 0.3) is 5.78 Å². The van der Waals surface area contributed by atoms with Crippen molar-refractivity contribution in [1.82, 2.24) is 25.6 Å². The number of hydrazine groups is 1. The predicted octanol–water partition coefficient (Wildman–Crippen LogP) is 3.40. The topological polar surface area (TPSA) is 151 Å². The number of carbonyl (C=O) groups is 1. The van der Waals surface area contributed by atoms with Gasteiger partial charge >= 0.3 is 0 Å². The van der Waals surface area contributed by atoms with Gasteiger partial charge in [-0.2, -0.15) is 10.5 Å². The molecular formula is C28H34N8O. The minimum Gasteiger partial charge on any atom is -0.327 e. The molecule has 9 nitrogen and oxygen atoms in total. The van der Waals surface area contributed by atoms with Gasteiger partial charge in [0.2, 0.25) is 0 Å². The fourth-order valence-electron chi connectivity index (χ4n) is 5.16. The summed E-state index contributed by atoms with van der Waals surface area (Å²) in [5, 5.41) is 26.2. The lowest BCUT2D eigenvalue weighted by molar-refractivity contribution is 0.105. The minimum atomic E-state index is -0.786. The molecule has 0 radical (unpaired) electrons. The number of nitrogens with zero attached hydrogens (tertiary/aromatic N) is 5. The molecule has 1 aromatic heterocycles. The number of rotatable bonds is 11. The molecule has 37 heavy (non-hydrogen) atoms. The first-order valence-electron chi connectivity index (χ1n) is 12.6. The second-order valence-electron chi connectivity index (χ2n) is 9.88. The Hall–Kier alpha value is -3.87. The molecular weight excluding hydrogens is 464 g/mol. The first kappa shape index (κ1) is 26.2. The van der Waals surface area contributed by atoms with E-state index < -0.39 is 11.2 Å². The summed E-state index contributed by atoms with van der Waals surface area (Å²) in [4.78, 5) is 12.2. The van der Waals surface area contributed by atoms with Crippen molar-refractivity contribution in [3.63, 3.8) is 0 Å². The summed E-state index contributed by atoms with van der Waals surface area (Å²) < 4.78 is 0. The third kappa shape index (κ3) is 5.45. The lowest BCUT2D eigenvalue weighted by Crippen LogP contribution is -2.40. The van der Waals surface area contributed by atoms with Gasteiger partial charge in [0, 0.05) is 30.3 Å². The summed E-state index contributed by atoms with van der Waals surface area (Å²) in [5.41, 5.74) is 10.9. The van der Waals surface area contributed by atoms with Crippen molar-refractivity contribution in [2.75, 3.05) is 6.54 Å². The Balaban J connectivity index is 1.82. The van der Waals surface area contributed by atoms with Crippen molar-refractivity contribution >= 4 is 5.78 Å². The van der Waals surface area contributed by atoms with E-state index in [1.54, 1.807) is 17.1 Å². The molecule has 0 amide bonds. The lowest BCUT2D eigenvalue weighted by atomic mass is 9.67. The number of nitrogens with one attached hydrogen (secondary N) is 1. The highest BCUT2D eigenvalue weighted by Crippen LogP contribution is 2.48. The number of carbonyl (C=O) groups excluding carboxylic acids is 1. The number of tetrazole rings is 1. The average molecular weight is 499 g/mol. The highest BCUT2D eigenvalue weighted by molar-refractivity contribution is 6.07. The number of hydrogen-bond donors (Lipinski definition) is 3. The van der Waals surface area contributed by atoms with Crippen LogP contribution in [0.5, 0.6) is 0 Å². The number of nitriles is 1. The van der Waals surface area contributed by atoms with Gasteiger partial charge in [0.15, 0.2) is 5.82 Å². The standard InChI is InChI=1S/C28H34N8O/c1-4-36(31)19(3)14-18(2)8-12-23-7-5-6-21-15-22(26(37)17-29)11-13-24(21)28(23,27-32-34-35-33-27)16-25(30)20-9-10-20/h7-8,11-13,15,20,25H,2-6,9-10,14,16,30-31H2,1H3,(H,32,33,34,35)/b12-8-. The van der Waals surface area contributed by atoms with Crippen LogP contribution in [0.1, 0.15) is 66.3 Å². The number of hydrogen-bond acceptors (Lipinski definition) is 8. The number of aryl methyl sites for hydroxylation is 1. The Bertz CT molecular complexity index is 1280. The van der Waals surface area contributed by atoms with Crippen molar-refractivity contribution in [3.8, 4) is 6.07 Å². The molecule has 2 aliphatic rings. The molecule has 0 saturated heterocycles. The molecule has 1 aromatic carbocycles. The number of aromatic nitrogens is 4. The first-order chi connectivity index (χ1) is 17.8. The molecule has 2 aromatic rings. The van der Waals surface area contributed by atoms with Crippen molar-refractivity contribution in [1.29, 1.82) is 5.26 Å². The number of fused-ring (bicyclic) bond motifs is 1. The third-order valence-electron chi connectivity index (χ3n) is 7.37. The van der Waals surface area contributed by atoms with Gasteiger partial charge in [0.05, 0.1) is 5.41 Å². The SMILES string of the molecule is C=C(/C=C\C1=CCCc2cc(C(=O)C#N)ccc2C1(CC(N)C1CC1)c1nn[nH]n1)CC(=C)N(N)CC. The van der Waals surface area contributed by atoms with Gasteiger partial charge < -0.3 is 10.7 Å². The molecule has 4 rings (SSSR count). The predicted molar refractivity (Wildman–Crippen MR) is 142 cm³/mol. The van der Waals surface area contributed by atoms with E-state index in [2.05, 4.69) is 45.9 Å². The van der Waals surface area contributed by atoms with E-state index in [9.17, 15) is 10.1 Å². The normalized spacial score (nSPS) is 19.9. The van der Waals surface area contributed by atoms with Crippen molar-refractivity contribution < 1.29 is 4.79 Å². The maximum Gasteiger partial charge on any atom is 0.262 e. The van der Waals surface area contributed by atoms with Crippen LogP contribution in [0.15, 0.2) is 66.4 Å². The van der Waals surface area contributed by atoms with Gasteiger partial charge in [0.1, 0.15) is 6.07 Å². The summed E-state index contributed by atoms with van der Waals surface area (Å²) in [6, 6.07) is 7.11. The number of benzene rings is 1. The molecule has 2 unspecified atom stereocenters. The summed E-state index contributed by atoms with van der Waals surface area (Å²) in [5.74, 6) is 6.40. The maximum absolute atomic E-state index is 12.2. The summed E-state index contributed by atoms with van der Waals surface area (Å²) in [6.07, 6.45) is 11.0. The van der Waals surface area contributed by atoms with Crippen LogP contribution in [-0.4, -0.2) is 44.0 Å². The Morgan fingerprint density at radius 2 is 2.19 bits per heavy atom. The molecule has 9 heteroatoms. The Labute approximate surface area is 217 Å². The van der Waals surface area contributed by atoms with Gasteiger partial charge in [-0.05, 0) is 79.4 Å². The van der Waals surface area contributed by atoms with E-state index in [1.165, 1.54) is 0 Å². The summed E-state index contributed by atoms with van der Waals surface area (Å²) in [7, 11) is 0. The van der Waals surface area contributed by atoms with Crippen molar-refractivity contribution in [2.24, 2.45) is 17.5 Å². The van der Waals surface area contributed by atoms with Crippen LogP contribution in [0, 0.1) is 17.2 Å². The molecule has 0 aliphatic heterocycles. The molecule has 0 spiro atoms. The van der Waals surface area contributed by atoms with E-state index in [1.807, 2.05) is 25.1 Å². The Kier molecular flexibility index (Phi) is 7.81. The largest absolute Gasteiger partial charge is 0.327 e. The van der Waals surface area contributed by atoms with Gasteiger partial charge in [-0.1, -0.05) is 42.7 Å². The second-order valence-corrected chi connectivity index (χ2v) is 9.88. The number of aromatic amines is 1. The zero-order chi connectivity index (χ0) is 26.6. The van der Waals surface area contributed by atoms with Crippen LogP contribution in [-0.2, 0) is 11.8 Å². The van der Waals surface area contributed by atoms with Crippen LogP contribution in [0.2, 0.25) is 0 Å². The lowest BCUT2D eigenvalue weighted by Gasteiger charge is -2.36. The number of nitrogens with two attached hydrogens (primary N) is 2. The number of ketones is 1. The quantitative estimate of drug-likeness (QED) is 0.140. The summed E-state index contributed by atoms with van der Waals surface area (Å²) >= 11 is 0. The maximum atomic E-state index is 12.2. The molecule has 0 bridgehead atoms. The first-order valence-corrected chi connectivity index (χ1v) is 12.6. The zero-order valence-electron chi connectivity index (χ0n) is 21.3.